The van der Waals surface area contributed by atoms with Gasteiger partial charge < -0.3 is 10.5 Å². The maximum atomic E-state index is 11.6. The number of hydrogen-bond donors (Lipinski definition) is 1. The average Bonchev–Trinajstić information content (AvgIpc) is 2.43. The summed E-state index contributed by atoms with van der Waals surface area (Å²) in [5.74, 6) is -0.286. The van der Waals surface area contributed by atoms with Gasteiger partial charge in [0, 0.05) is 19.0 Å². The number of esters is 1. The van der Waals surface area contributed by atoms with Crippen LogP contribution in [0.4, 0.5) is 5.69 Å². The molecule has 0 bridgehead atoms. The summed E-state index contributed by atoms with van der Waals surface area (Å²) in [7, 11) is 0. The molecule has 0 aliphatic heterocycles. The lowest BCUT2D eigenvalue weighted by Crippen LogP contribution is -2.03. The van der Waals surface area contributed by atoms with E-state index in [-0.39, 0.29) is 5.97 Å². The van der Waals surface area contributed by atoms with E-state index < -0.39 is 0 Å². The van der Waals surface area contributed by atoms with Crippen LogP contribution in [0.2, 0.25) is 0 Å². The van der Waals surface area contributed by atoms with E-state index in [2.05, 4.69) is 22.6 Å². The van der Waals surface area contributed by atoms with Gasteiger partial charge in [-0.3, -0.25) is 0 Å². The molecule has 0 unspecified atom stereocenters. The van der Waals surface area contributed by atoms with Gasteiger partial charge in [-0.15, -0.1) is 0 Å². The van der Waals surface area contributed by atoms with Gasteiger partial charge in [0.2, 0.25) is 0 Å². The van der Waals surface area contributed by atoms with Crippen molar-refractivity contribution < 1.29 is 9.53 Å². The van der Waals surface area contributed by atoms with Crippen molar-refractivity contribution >= 4 is 46.0 Å². The molecule has 0 aliphatic rings. The van der Waals surface area contributed by atoms with E-state index in [1.807, 2.05) is 30.3 Å². The first-order chi connectivity index (χ1) is 9.60. The summed E-state index contributed by atoms with van der Waals surface area (Å²) in [4.78, 5) is 13.8. The van der Waals surface area contributed by atoms with Gasteiger partial charge in [-0.2, -0.15) is 0 Å². The van der Waals surface area contributed by atoms with Gasteiger partial charge in [-0.05, 0) is 72.0 Å². The molecule has 0 aromatic heterocycles. The molecule has 0 amide bonds. The monoisotopic (exact) mass is 399 g/mol. The van der Waals surface area contributed by atoms with Crippen molar-refractivity contribution in [2.24, 2.45) is 0 Å². The van der Waals surface area contributed by atoms with Crippen LogP contribution in [0.1, 0.15) is 17.3 Å². The van der Waals surface area contributed by atoms with E-state index >= 15 is 0 Å². The minimum atomic E-state index is -0.286. The molecule has 5 heteroatoms. The van der Waals surface area contributed by atoms with Crippen LogP contribution in [0, 0.1) is 3.57 Å². The molecule has 0 heterocycles. The Labute approximate surface area is 136 Å². The van der Waals surface area contributed by atoms with Crippen LogP contribution in [0.3, 0.4) is 0 Å². The first kappa shape index (κ1) is 15.2. The van der Waals surface area contributed by atoms with Gasteiger partial charge in [-0.1, -0.05) is 11.8 Å². The predicted octanol–water partition coefficient (Wildman–Crippen LogP) is 4.20. The molecule has 0 saturated carbocycles. The summed E-state index contributed by atoms with van der Waals surface area (Å²) in [5, 5.41) is 0. The SMILES string of the molecule is CCOC(=O)c1ccc(Sc2ccc(N)cc2I)cc1. The summed E-state index contributed by atoms with van der Waals surface area (Å²) >= 11 is 3.91. The Bertz CT molecular complexity index is 614. The summed E-state index contributed by atoms with van der Waals surface area (Å²) < 4.78 is 6.07. The van der Waals surface area contributed by atoms with Crippen molar-refractivity contribution in [2.45, 2.75) is 16.7 Å². The number of rotatable bonds is 4. The number of benzene rings is 2. The van der Waals surface area contributed by atoms with Gasteiger partial charge in [0.15, 0.2) is 0 Å². The lowest BCUT2D eigenvalue weighted by Gasteiger charge is -2.06. The predicted molar refractivity (Wildman–Crippen MR) is 90.1 cm³/mol. The number of anilines is 1. The van der Waals surface area contributed by atoms with E-state index in [0.29, 0.717) is 12.2 Å². The fourth-order valence-electron chi connectivity index (χ4n) is 1.60. The highest BCUT2D eigenvalue weighted by molar-refractivity contribution is 14.1. The maximum Gasteiger partial charge on any atom is 0.338 e. The second-order valence-electron chi connectivity index (χ2n) is 4.04. The molecule has 0 aliphatic carbocycles. The van der Waals surface area contributed by atoms with Crippen LogP contribution in [0.5, 0.6) is 0 Å². The smallest absolute Gasteiger partial charge is 0.338 e. The van der Waals surface area contributed by atoms with Crippen molar-refractivity contribution in [1.29, 1.82) is 0 Å². The molecule has 3 nitrogen and oxygen atoms in total. The highest BCUT2D eigenvalue weighted by Crippen LogP contribution is 2.32. The minimum Gasteiger partial charge on any atom is -0.462 e. The molecule has 0 radical (unpaired) electrons. The maximum absolute atomic E-state index is 11.6. The van der Waals surface area contributed by atoms with E-state index in [9.17, 15) is 4.79 Å². The van der Waals surface area contributed by atoms with Crippen LogP contribution in [-0.4, -0.2) is 12.6 Å². The Hall–Kier alpha value is -1.21. The highest BCUT2D eigenvalue weighted by Gasteiger charge is 2.07. The molecule has 104 valence electrons. The fourth-order valence-corrected chi connectivity index (χ4v) is 3.29. The molecule has 0 fully saturated rings. The number of halogens is 1. The first-order valence-electron chi connectivity index (χ1n) is 6.10. The highest BCUT2D eigenvalue weighted by atomic mass is 127. The second-order valence-corrected chi connectivity index (χ2v) is 6.31. The molecule has 2 N–H and O–H groups in total. The third-order valence-corrected chi connectivity index (χ3v) is 4.89. The fraction of sp³-hybridized carbons (Fsp3) is 0.133. The molecular formula is C15H14INO2S. The van der Waals surface area contributed by atoms with E-state index in [4.69, 9.17) is 10.5 Å². The zero-order chi connectivity index (χ0) is 14.5. The van der Waals surface area contributed by atoms with Crippen molar-refractivity contribution in [3.8, 4) is 0 Å². The number of carbonyl (C=O) groups is 1. The summed E-state index contributed by atoms with van der Waals surface area (Å²) in [5.41, 5.74) is 7.07. The summed E-state index contributed by atoms with van der Waals surface area (Å²) in [6.07, 6.45) is 0. The number of nitrogen functional groups attached to an aromatic ring is 1. The summed E-state index contributed by atoms with van der Waals surface area (Å²) in [6.45, 7) is 2.18. The van der Waals surface area contributed by atoms with Gasteiger partial charge in [0.1, 0.15) is 0 Å². The molecular weight excluding hydrogens is 385 g/mol. The zero-order valence-electron chi connectivity index (χ0n) is 10.9. The van der Waals surface area contributed by atoms with Crippen molar-refractivity contribution in [2.75, 3.05) is 12.3 Å². The average molecular weight is 399 g/mol. The van der Waals surface area contributed by atoms with Crippen molar-refractivity contribution in [1.82, 2.24) is 0 Å². The topological polar surface area (TPSA) is 52.3 Å². The van der Waals surface area contributed by atoms with Crippen LogP contribution in [0.15, 0.2) is 52.3 Å². The van der Waals surface area contributed by atoms with Gasteiger partial charge in [-0.25, -0.2) is 4.79 Å². The molecule has 2 rings (SSSR count). The van der Waals surface area contributed by atoms with Crippen molar-refractivity contribution in [3.63, 3.8) is 0 Å². The van der Waals surface area contributed by atoms with Crippen LogP contribution < -0.4 is 5.73 Å². The van der Waals surface area contributed by atoms with Gasteiger partial charge in [0.05, 0.1) is 12.2 Å². The Morgan fingerprint density at radius 2 is 1.95 bits per heavy atom. The number of ether oxygens (including phenoxy) is 1. The normalized spacial score (nSPS) is 10.3. The third kappa shape index (κ3) is 3.89. The minimum absolute atomic E-state index is 0.286. The first-order valence-corrected chi connectivity index (χ1v) is 7.99. The lowest BCUT2D eigenvalue weighted by atomic mass is 10.2. The van der Waals surface area contributed by atoms with Crippen LogP contribution >= 0.6 is 34.4 Å². The number of hydrogen-bond acceptors (Lipinski definition) is 4. The second kappa shape index (κ2) is 6.99. The lowest BCUT2D eigenvalue weighted by molar-refractivity contribution is 0.0526. The number of carbonyl (C=O) groups excluding carboxylic acids is 1. The standard InChI is InChI=1S/C15H14INO2S/c1-2-19-15(18)10-3-6-12(7-4-10)20-14-8-5-11(17)9-13(14)16/h3-9H,2,17H2,1H3. The largest absolute Gasteiger partial charge is 0.462 e. The van der Waals surface area contributed by atoms with Crippen molar-refractivity contribution in [3.05, 3.63) is 51.6 Å². The molecule has 0 saturated heterocycles. The Kier molecular flexibility index (Phi) is 5.31. The molecule has 2 aromatic carbocycles. The van der Waals surface area contributed by atoms with E-state index in [0.717, 1.165) is 19.0 Å². The van der Waals surface area contributed by atoms with Crippen LogP contribution in [-0.2, 0) is 4.74 Å². The molecule has 0 atom stereocenters. The van der Waals surface area contributed by atoms with Crippen LogP contribution in [0.25, 0.3) is 0 Å². The summed E-state index contributed by atoms with van der Waals surface area (Å²) in [6, 6.07) is 13.2. The molecule has 2 aromatic rings. The Morgan fingerprint density at radius 1 is 1.25 bits per heavy atom. The van der Waals surface area contributed by atoms with E-state index in [1.165, 1.54) is 0 Å². The Morgan fingerprint density at radius 3 is 2.55 bits per heavy atom. The quantitative estimate of drug-likeness (QED) is 0.476. The third-order valence-electron chi connectivity index (χ3n) is 2.55. The Balaban J connectivity index is 2.12. The molecule has 20 heavy (non-hydrogen) atoms. The van der Waals surface area contributed by atoms with E-state index in [1.54, 1.807) is 30.8 Å². The molecule has 0 spiro atoms. The van der Waals surface area contributed by atoms with Gasteiger partial charge in [0.25, 0.3) is 0 Å². The van der Waals surface area contributed by atoms with Gasteiger partial charge >= 0.3 is 5.97 Å². The zero-order valence-corrected chi connectivity index (χ0v) is 13.9. The number of nitrogens with two attached hydrogens (primary N) is 1.